The molecule has 1 heterocycles. The predicted molar refractivity (Wildman–Crippen MR) is 78.6 cm³/mol. The van der Waals surface area contributed by atoms with Gasteiger partial charge in [0.2, 0.25) is 5.91 Å². The van der Waals surface area contributed by atoms with E-state index < -0.39 is 0 Å². The molecule has 3 nitrogen and oxygen atoms in total. The highest BCUT2D eigenvalue weighted by Gasteiger charge is 2.44. The van der Waals surface area contributed by atoms with Gasteiger partial charge in [-0.2, -0.15) is 0 Å². The van der Waals surface area contributed by atoms with Gasteiger partial charge in [0.15, 0.2) is 0 Å². The lowest BCUT2D eigenvalue weighted by Gasteiger charge is -2.25. The van der Waals surface area contributed by atoms with Crippen molar-refractivity contribution in [1.82, 2.24) is 10.2 Å². The zero-order valence-electron chi connectivity index (χ0n) is 13.1. The van der Waals surface area contributed by atoms with Gasteiger partial charge in [0, 0.05) is 6.54 Å². The van der Waals surface area contributed by atoms with Crippen LogP contribution in [-0.4, -0.2) is 29.6 Å². The van der Waals surface area contributed by atoms with Gasteiger partial charge in [0.25, 0.3) is 0 Å². The molecule has 2 rings (SSSR count). The number of hydrogen-bond acceptors (Lipinski definition) is 2. The van der Waals surface area contributed by atoms with Gasteiger partial charge >= 0.3 is 0 Å². The van der Waals surface area contributed by atoms with Crippen molar-refractivity contribution in [1.29, 1.82) is 0 Å². The molecule has 0 radical (unpaired) electrons. The van der Waals surface area contributed by atoms with Crippen LogP contribution in [0.4, 0.5) is 0 Å². The third-order valence-electron chi connectivity index (χ3n) is 4.91. The van der Waals surface area contributed by atoms with Crippen molar-refractivity contribution in [2.75, 3.05) is 6.54 Å². The number of nitrogens with zero attached hydrogens (tertiary/aromatic N) is 1. The summed E-state index contributed by atoms with van der Waals surface area (Å²) in [4.78, 5) is 14.8. The van der Waals surface area contributed by atoms with E-state index in [4.69, 9.17) is 0 Å². The van der Waals surface area contributed by atoms with Crippen molar-refractivity contribution in [3.63, 3.8) is 0 Å². The Kier molecular flexibility index (Phi) is 4.54. The summed E-state index contributed by atoms with van der Waals surface area (Å²) < 4.78 is 0. The van der Waals surface area contributed by atoms with Gasteiger partial charge in [-0.15, -0.1) is 0 Å². The first kappa shape index (κ1) is 14.8. The smallest absolute Gasteiger partial charge is 0.241 e. The molecule has 0 bridgehead atoms. The van der Waals surface area contributed by atoms with Crippen molar-refractivity contribution in [3.05, 3.63) is 0 Å². The zero-order valence-corrected chi connectivity index (χ0v) is 13.1. The summed E-state index contributed by atoms with van der Waals surface area (Å²) in [6.07, 6.45) is 3.69. The second-order valence-corrected chi connectivity index (χ2v) is 7.14. The Morgan fingerprint density at radius 2 is 2.00 bits per heavy atom. The predicted octanol–water partition coefficient (Wildman–Crippen LogP) is 2.86. The maximum absolute atomic E-state index is 12.6. The number of nitrogens with one attached hydrogen (secondary N) is 1. The fourth-order valence-electron chi connectivity index (χ4n) is 3.11. The lowest BCUT2D eigenvalue weighted by Crippen LogP contribution is -2.39. The number of carbonyl (C=O) groups excluding carboxylic acids is 1. The molecular formula is C16H30N2O. The number of carbonyl (C=O) groups is 1. The highest BCUT2D eigenvalue weighted by atomic mass is 16.2. The molecule has 5 atom stereocenters. The topological polar surface area (TPSA) is 32.3 Å². The quantitative estimate of drug-likeness (QED) is 0.802. The molecule has 19 heavy (non-hydrogen) atoms. The molecule has 0 aromatic rings. The van der Waals surface area contributed by atoms with Crippen molar-refractivity contribution in [2.45, 2.75) is 66.1 Å². The highest BCUT2D eigenvalue weighted by molar-refractivity contribution is 5.84. The minimum atomic E-state index is 0.0443. The van der Waals surface area contributed by atoms with Crippen LogP contribution in [0.2, 0.25) is 0 Å². The van der Waals surface area contributed by atoms with Gasteiger partial charge in [-0.25, -0.2) is 0 Å². The van der Waals surface area contributed by atoms with E-state index in [1.54, 1.807) is 0 Å². The molecule has 2 aliphatic rings. The highest BCUT2D eigenvalue weighted by Crippen LogP contribution is 2.39. The number of amides is 1. The van der Waals surface area contributed by atoms with Crippen LogP contribution in [0.5, 0.6) is 0 Å². The maximum atomic E-state index is 12.6. The molecule has 1 aliphatic heterocycles. The Hall–Kier alpha value is -0.570. The summed E-state index contributed by atoms with van der Waals surface area (Å²) in [6, 6.07) is 0.0443. The van der Waals surface area contributed by atoms with Crippen molar-refractivity contribution < 1.29 is 4.79 Å². The van der Waals surface area contributed by atoms with Crippen molar-refractivity contribution in [3.8, 4) is 0 Å². The SMILES string of the molecule is CCC(C)C1NC(CC(C)C)N(CC2CC2C)C1=O. The molecule has 1 N–H and O–H groups in total. The van der Waals surface area contributed by atoms with Crippen molar-refractivity contribution >= 4 is 5.91 Å². The number of rotatable bonds is 6. The molecule has 1 amide bonds. The van der Waals surface area contributed by atoms with E-state index in [0.717, 1.165) is 31.2 Å². The first-order chi connectivity index (χ1) is 8.93. The van der Waals surface area contributed by atoms with Gasteiger partial charge in [0.1, 0.15) is 0 Å². The summed E-state index contributed by atoms with van der Waals surface area (Å²) in [6.45, 7) is 12.1. The van der Waals surface area contributed by atoms with Gasteiger partial charge in [-0.05, 0) is 36.5 Å². The summed E-state index contributed by atoms with van der Waals surface area (Å²) in [5.41, 5.74) is 0. The van der Waals surface area contributed by atoms with Crippen LogP contribution < -0.4 is 5.32 Å². The Labute approximate surface area is 118 Å². The molecule has 1 saturated heterocycles. The van der Waals surface area contributed by atoms with Crippen LogP contribution in [0.25, 0.3) is 0 Å². The van der Waals surface area contributed by atoms with Crippen LogP contribution in [0.3, 0.4) is 0 Å². The summed E-state index contributed by atoms with van der Waals surface area (Å²) >= 11 is 0. The second kappa shape index (κ2) is 5.82. The minimum Gasteiger partial charge on any atom is -0.325 e. The fourth-order valence-corrected chi connectivity index (χ4v) is 3.11. The monoisotopic (exact) mass is 266 g/mol. The van der Waals surface area contributed by atoms with E-state index in [1.807, 2.05) is 0 Å². The van der Waals surface area contributed by atoms with Crippen LogP contribution in [0.1, 0.15) is 53.9 Å². The summed E-state index contributed by atoms with van der Waals surface area (Å²) in [7, 11) is 0. The third-order valence-corrected chi connectivity index (χ3v) is 4.91. The molecule has 1 aliphatic carbocycles. The van der Waals surface area contributed by atoms with Crippen LogP contribution in [0, 0.1) is 23.7 Å². The first-order valence-electron chi connectivity index (χ1n) is 8.00. The van der Waals surface area contributed by atoms with Crippen molar-refractivity contribution in [2.24, 2.45) is 23.7 Å². The average molecular weight is 266 g/mol. The minimum absolute atomic E-state index is 0.0443. The first-order valence-corrected chi connectivity index (χ1v) is 8.00. The number of hydrogen-bond donors (Lipinski definition) is 1. The van der Waals surface area contributed by atoms with Crippen LogP contribution in [-0.2, 0) is 4.79 Å². The van der Waals surface area contributed by atoms with E-state index in [1.165, 1.54) is 6.42 Å². The van der Waals surface area contributed by atoms with Gasteiger partial charge < -0.3 is 4.90 Å². The normalized spacial score (nSPS) is 36.1. The molecule has 5 unspecified atom stereocenters. The Bertz CT molecular complexity index is 329. The molecule has 1 saturated carbocycles. The Morgan fingerprint density at radius 3 is 2.47 bits per heavy atom. The van der Waals surface area contributed by atoms with Crippen LogP contribution >= 0.6 is 0 Å². The second-order valence-electron chi connectivity index (χ2n) is 7.14. The molecular weight excluding hydrogens is 236 g/mol. The average Bonchev–Trinajstić information content (AvgIpc) is 2.96. The molecule has 0 aromatic carbocycles. The van der Waals surface area contributed by atoms with E-state index in [0.29, 0.717) is 17.7 Å². The molecule has 110 valence electrons. The van der Waals surface area contributed by atoms with Gasteiger partial charge in [-0.3, -0.25) is 10.1 Å². The summed E-state index contributed by atoms with van der Waals surface area (Å²) in [5, 5.41) is 3.60. The third kappa shape index (κ3) is 3.31. The summed E-state index contributed by atoms with van der Waals surface area (Å²) in [5.74, 6) is 2.97. The standard InChI is InChI=1S/C16H30N2O/c1-6-11(4)15-16(19)18(9-13-8-12(13)5)14(17-15)7-10(2)3/h10-15,17H,6-9H2,1-5H3. The Balaban J connectivity index is 2.04. The molecule has 3 heteroatoms. The largest absolute Gasteiger partial charge is 0.325 e. The van der Waals surface area contributed by atoms with E-state index in [9.17, 15) is 4.79 Å². The van der Waals surface area contributed by atoms with E-state index in [2.05, 4.69) is 44.8 Å². The maximum Gasteiger partial charge on any atom is 0.241 e. The Morgan fingerprint density at radius 1 is 1.37 bits per heavy atom. The molecule has 0 aromatic heterocycles. The molecule has 0 spiro atoms. The van der Waals surface area contributed by atoms with Crippen LogP contribution in [0.15, 0.2) is 0 Å². The lowest BCUT2D eigenvalue weighted by atomic mass is 9.99. The van der Waals surface area contributed by atoms with E-state index >= 15 is 0 Å². The fraction of sp³-hybridized carbons (Fsp3) is 0.938. The zero-order chi connectivity index (χ0) is 14.2. The van der Waals surface area contributed by atoms with E-state index in [-0.39, 0.29) is 12.2 Å². The lowest BCUT2D eigenvalue weighted by molar-refractivity contribution is -0.131. The van der Waals surface area contributed by atoms with Gasteiger partial charge in [0.05, 0.1) is 12.2 Å². The van der Waals surface area contributed by atoms with Gasteiger partial charge in [-0.1, -0.05) is 41.0 Å². The molecule has 2 fully saturated rings.